The second-order valence-electron chi connectivity index (χ2n) is 5.48. The van der Waals surface area contributed by atoms with Gasteiger partial charge in [-0.05, 0) is 33.6 Å². The highest BCUT2D eigenvalue weighted by atomic mass is 79.9. The van der Waals surface area contributed by atoms with E-state index in [1.165, 1.54) is 0 Å². The number of rotatable bonds is 5. The van der Waals surface area contributed by atoms with Crippen molar-refractivity contribution in [3.05, 3.63) is 52.1 Å². The molecule has 2 N–H and O–H groups in total. The Morgan fingerprint density at radius 3 is 2.88 bits per heavy atom. The first kappa shape index (κ1) is 16.7. The van der Waals surface area contributed by atoms with E-state index in [2.05, 4.69) is 31.1 Å². The van der Waals surface area contributed by atoms with Gasteiger partial charge >= 0.3 is 5.97 Å². The van der Waals surface area contributed by atoms with Crippen molar-refractivity contribution < 1.29 is 14.6 Å². The fraction of sp³-hybridized carbons (Fsp3) is 0.294. The van der Waals surface area contributed by atoms with E-state index in [-0.39, 0.29) is 5.56 Å². The number of anilines is 2. The highest BCUT2D eigenvalue weighted by Gasteiger charge is 2.15. The largest absolute Gasteiger partial charge is 0.478 e. The molecule has 1 saturated heterocycles. The van der Waals surface area contributed by atoms with Gasteiger partial charge in [0.15, 0.2) is 0 Å². The zero-order valence-electron chi connectivity index (χ0n) is 13.0. The molecule has 1 aliphatic heterocycles. The molecule has 0 saturated carbocycles. The predicted molar refractivity (Wildman–Crippen MR) is 95.7 cm³/mol. The maximum absolute atomic E-state index is 11.0. The maximum atomic E-state index is 11.0. The van der Waals surface area contributed by atoms with E-state index < -0.39 is 5.97 Å². The zero-order valence-corrected chi connectivity index (χ0v) is 14.6. The number of hydrogen-bond acceptors (Lipinski definition) is 5. The van der Waals surface area contributed by atoms with Crippen LogP contribution in [-0.2, 0) is 11.3 Å². The van der Waals surface area contributed by atoms with Gasteiger partial charge in [-0.1, -0.05) is 12.1 Å². The summed E-state index contributed by atoms with van der Waals surface area (Å²) in [6.45, 7) is 3.66. The monoisotopic (exact) mass is 391 g/mol. The molecule has 0 atom stereocenters. The van der Waals surface area contributed by atoms with E-state index in [1.54, 1.807) is 24.4 Å². The number of benzene rings is 1. The molecule has 3 rings (SSSR count). The van der Waals surface area contributed by atoms with E-state index >= 15 is 0 Å². The van der Waals surface area contributed by atoms with E-state index in [0.717, 1.165) is 47.8 Å². The summed E-state index contributed by atoms with van der Waals surface area (Å²) in [5.41, 5.74) is 2.26. The molecule has 0 spiro atoms. The van der Waals surface area contributed by atoms with Crippen molar-refractivity contribution in [1.29, 1.82) is 0 Å². The van der Waals surface area contributed by atoms with Crippen LogP contribution in [0.1, 0.15) is 15.9 Å². The fourth-order valence-electron chi connectivity index (χ4n) is 2.58. The molecule has 0 bridgehead atoms. The first-order valence-electron chi connectivity index (χ1n) is 7.68. The average molecular weight is 392 g/mol. The van der Waals surface area contributed by atoms with Gasteiger partial charge in [-0.25, -0.2) is 9.78 Å². The summed E-state index contributed by atoms with van der Waals surface area (Å²) in [6.07, 6.45) is 1.78. The van der Waals surface area contributed by atoms with Crippen LogP contribution in [0.15, 0.2) is 41.0 Å². The Morgan fingerprint density at radius 1 is 1.33 bits per heavy atom. The number of nitrogens with one attached hydrogen (secondary N) is 1. The highest BCUT2D eigenvalue weighted by molar-refractivity contribution is 9.10. The number of hydrogen-bond donors (Lipinski definition) is 2. The van der Waals surface area contributed by atoms with Gasteiger partial charge in [-0.2, -0.15) is 0 Å². The summed E-state index contributed by atoms with van der Waals surface area (Å²) in [4.78, 5) is 17.7. The lowest BCUT2D eigenvalue weighted by Gasteiger charge is -2.29. The Bertz CT molecular complexity index is 733. The van der Waals surface area contributed by atoms with Crippen molar-refractivity contribution in [1.82, 2.24) is 4.98 Å². The molecule has 0 aliphatic carbocycles. The maximum Gasteiger partial charge on any atom is 0.335 e. The Kier molecular flexibility index (Phi) is 5.32. The van der Waals surface area contributed by atoms with Crippen molar-refractivity contribution in [3.8, 4) is 0 Å². The van der Waals surface area contributed by atoms with Gasteiger partial charge in [-0.3, -0.25) is 0 Å². The normalized spacial score (nSPS) is 14.5. The molecule has 1 aromatic carbocycles. The quantitative estimate of drug-likeness (QED) is 0.815. The molecular weight excluding hydrogens is 374 g/mol. The van der Waals surface area contributed by atoms with E-state index in [0.29, 0.717) is 6.54 Å². The number of carbonyl (C=O) groups is 1. The number of aromatic carboxylic acids is 1. The van der Waals surface area contributed by atoms with Gasteiger partial charge in [0.05, 0.1) is 28.9 Å². The average Bonchev–Trinajstić information content (AvgIpc) is 2.62. The number of ether oxygens (including phenoxy) is 1. The number of pyridine rings is 1. The number of halogens is 1. The molecule has 1 fully saturated rings. The van der Waals surface area contributed by atoms with Crippen LogP contribution in [0.4, 0.5) is 11.5 Å². The highest BCUT2D eigenvalue weighted by Crippen LogP contribution is 2.28. The van der Waals surface area contributed by atoms with Crippen molar-refractivity contribution in [2.45, 2.75) is 6.54 Å². The molecule has 1 aromatic heterocycles. The Labute approximate surface area is 148 Å². The third-order valence-corrected chi connectivity index (χ3v) is 4.45. The lowest BCUT2D eigenvalue weighted by atomic mass is 10.1. The van der Waals surface area contributed by atoms with E-state index in [4.69, 9.17) is 9.84 Å². The molecule has 1 aliphatic rings. The van der Waals surface area contributed by atoms with Gasteiger partial charge in [0.1, 0.15) is 5.82 Å². The molecule has 2 aromatic rings. The minimum Gasteiger partial charge on any atom is -0.478 e. The SMILES string of the molecule is O=C(O)c1cccc(CNc2cc(N3CCOCC3)c(Br)cn2)c1. The number of nitrogens with zero attached hydrogens (tertiary/aromatic N) is 2. The number of carboxylic acids is 1. The second-order valence-corrected chi connectivity index (χ2v) is 6.33. The number of morpholine rings is 1. The summed E-state index contributed by atoms with van der Waals surface area (Å²) in [7, 11) is 0. The van der Waals surface area contributed by atoms with E-state index in [9.17, 15) is 4.79 Å². The standard InChI is InChI=1S/C17H18BrN3O3/c18-14-11-20-16(9-15(14)21-4-6-24-7-5-21)19-10-12-2-1-3-13(8-12)17(22)23/h1-3,8-9,11H,4-7,10H2,(H,19,20)(H,22,23). The first-order valence-corrected chi connectivity index (χ1v) is 8.47. The van der Waals surface area contributed by atoms with Gasteiger partial charge in [0.2, 0.25) is 0 Å². The topological polar surface area (TPSA) is 74.7 Å². The smallest absolute Gasteiger partial charge is 0.335 e. The summed E-state index contributed by atoms with van der Waals surface area (Å²) < 4.78 is 6.34. The minimum atomic E-state index is -0.923. The first-order chi connectivity index (χ1) is 11.6. The van der Waals surface area contributed by atoms with Crippen LogP contribution in [0.3, 0.4) is 0 Å². The molecule has 2 heterocycles. The number of aromatic nitrogens is 1. The van der Waals surface area contributed by atoms with Crippen molar-refractivity contribution in [2.24, 2.45) is 0 Å². The van der Waals surface area contributed by atoms with Crippen LogP contribution in [0.2, 0.25) is 0 Å². The minimum absolute atomic E-state index is 0.284. The Balaban J connectivity index is 1.71. The van der Waals surface area contributed by atoms with E-state index in [1.807, 2.05) is 12.1 Å². The van der Waals surface area contributed by atoms with Crippen molar-refractivity contribution >= 4 is 33.4 Å². The lowest BCUT2D eigenvalue weighted by molar-refractivity contribution is 0.0696. The fourth-order valence-corrected chi connectivity index (χ4v) is 3.05. The predicted octanol–water partition coefficient (Wildman–Crippen LogP) is 2.99. The molecule has 126 valence electrons. The molecule has 6 nitrogen and oxygen atoms in total. The van der Waals surface area contributed by atoms with Gasteiger partial charge < -0.3 is 20.1 Å². The van der Waals surface area contributed by atoms with Gasteiger partial charge in [-0.15, -0.1) is 0 Å². The molecular formula is C17H18BrN3O3. The molecule has 0 unspecified atom stereocenters. The summed E-state index contributed by atoms with van der Waals surface area (Å²) in [6, 6.07) is 8.88. The molecule has 0 amide bonds. The summed E-state index contributed by atoms with van der Waals surface area (Å²) in [5.74, 6) is -0.173. The zero-order chi connectivity index (χ0) is 16.9. The third kappa shape index (κ3) is 4.04. The Hall–Kier alpha value is -2.12. The summed E-state index contributed by atoms with van der Waals surface area (Å²) in [5, 5.41) is 12.3. The summed E-state index contributed by atoms with van der Waals surface area (Å²) >= 11 is 3.55. The third-order valence-electron chi connectivity index (χ3n) is 3.83. The molecule has 7 heteroatoms. The van der Waals surface area contributed by atoms with Crippen LogP contribution in [0.5, 0.6) is 0 Å². The van der Waals surface area contributed by atoms with Crippen LogP contribution < -0.4 is 10.2 Å². The lowest BCUT2D eigenvalue weighted by Crippen LogP contribution is -2.36. The Morgan fingerprint density at radius 2 is 2.12 bits per heavy atom. The van der Waals surface area contributed by atoms with Crippen LogP contribution in [0.25, 0.3) is 0 Å². The van der Waals surface area contributed by atoms with Gasteiger partial charge in [0.25, 0.3) is 0 Å². The van der Waals surface area contributed by atoms with Crippen LogP contribution in [-0.4, -0.2) is 42.4 Å². The molecule has 24 heavy (non-hydrogen) atoms. The van der Waals surface area contributed by atoms with Crippen molar-refractivity contribution in [2.75, 3.05) is 36.5 Å². The van der Waals surface area contributed by atoms with Crippen LogP contribution >= 0.6 is 15.9 Å². The number of carboxylic acid groups (broad SMARTS) is 1. The van der Waals surface area contributed by atoms with Gasteiger partial charge in [0, 0.05) is 31.9 Å². The second kappa shape index (κ2) is 7.63. The molecule has 0 radical (unpaired) electrons. The van der Waals surface area contributed by atoms with Crippen LogP contribution in [0, 0.1) is 0 Å². The van der Waals surface area contributed by atoms with Crippen molar-refractivity contribution in [3.63, 3.8) is 0 Å².